The molecule has 1 aliphatic rings. The number of hydrogen-bond acceptors (Lipinski definition) is 1. The van der Waals surface area contributed by atoms with E-state index in [9.17, 15) is 4.79 Å². The van der Waals surface area contributed by atoms with Crippen LogP contribution in [0, 0.1) is 0 Å². The van der Waals surface area contributed by atoms with E-state index in [0.717, 1.165) is 11.1 Å². The summed E-state index contributed by atoms with van der Waals surface area (Å²) in [6.07, 6.45) is 4.27. The van der Waals surface area contributed by atoms with Crippen molar-refractivity contribution in [3.05, 3.63) is 43.1 Å². The van der Waals surface area contributed by atoms with Gasteiger partial charge in [0.2, 0.25) is 0 Å². The first kappa shape index (κ1) is 9.65. The molecule has 0 spiro atoms. The van der Waals surface area contributed by atoms with Gasteiger partial charge in [0, 0.05) is 0 Å². The minimum absolute atomic E-state index is 0.0672. The Balaban J connectivity index is 2.53. The van der Waals surface area contributed by atoms with Crippen LogP contribution >= 0.6 is 0 Å². The first-order chi connectivity index (χ1) is 6.77. The number of fused-ring (bicyclic) bond motifs is 1. The molecule has 0 aliphatic carbocycles. The molecule has 1 aliphatic heterocycles. The van der Waals surface area contributed by atoms with Crippen molar-refractivity contribution in [2.24, 2.45) is 0 Å². The molecule has 72 valence electrons. The Morgan fingerprint density at radius 3 is 2.57 bits per heavy atom. The van der Waals surface area contributed by atoms with Gasteiger partial charge in [-0.15, -0.1) is 0 Å². The van der Waals surface area contributed by atoms with E-state index >= 15 is 0 Å². The average molecular weight is 297 g/mol. The third kappa shape index (κ3) is 1.95. The van der Waals surface area contributed by atoms with Crippen molar-refractivity contribution in [3.8, 4) is 0 Å². The van der Waals surface area contributed by atoms with E-state index in [1.54, 1.807) is 6.92 Å². The zero-order valence-corrected chi connectivity index (χ0v) is 9.99. The van der Waals surface area contributed by atoms with Crippen LogP contribution in [0.2, 0.25) is 0 Å². The van der Waals surface area contributed by atoms with Crippen molar-refractivity contribution in [2.75, 3.05) is 0 Å². The van der Waals surface area contributed by atoms with Gasteiger partial charge < -0.3 is 0 Å². The first-order valence-corrected chi connectivity index (χ1v) is 6.86. The molecule has 0 radical (unpaired) electrons. The van der Waals surface area contributed by atoms with Gasteiger partial charge in [0.15, 0.2) is 0 Å². The third-order valence-electron chi connectivity index (χ3n) is 2.12. The van der Waals surface area contributed by atoms with Crippen molar-refractivity contribution < 1.29 is 26.0 Å². The second-order valence-electron chi connectivity index (χ2n) is 3.11. The third-order valence-corrected chi connectivity index (χ3v) is 3.67. The first-order valence-electron chi connectivity index (χ1n) is 4.37. The molecule has 1 aromatic carbocycles. The van der Waals surface area contributed by atoms with Crippen molar-refractivity contribution in [1.82, 2.24) is 0 Å². The summed E-state index contributed by atoms with van der Waals surface area (Å²) in [6.45, 7) is 1.60. The Labute approximate surface area is 93.8 Å². The maximum atomic E-state index is 11.2. The fraction of sp³-hybridized carbons (Fsp3) is 0.0833. The SMILES string of the molecule is CC(=O)c1ccc2c(c1)C=C[I-]C=C2. The normalized spacial score (nSPS) is 14.1. The molecule has 0 unspecified atom stereocenters. The summed E-state index contributed by atoms with van der Waals surface area (Å²) in [7, 11) is 0. The summed E-state index contributed by atoms with van der Waals surface area (Å²) in [5.74, 6) is 0.129. The van der Waals surface area contributed by atoms with E-state index in [4.69, 9.17) is 0 Å². The van der Waals surface area contributed by atoms with E-state index in [2.05, 4.69) is 20.3 Å². The van der Waals surface area contributed by atoms with Gasteiger partial charge in [0.05, 0.1) is 0 Å². The number of Topliss-reactive ketones (excluding diaryl/α,β-unsaturated/α-hetero) is 1. The molecule has 0 amide bonds. The van der Waals surface area contributed by atoms with Crippen LogP contribution in [0.4, 0.5) is 0 Å². The van der Waals surface area contributed by atoms with Crippen LogP contribution in [0.3, 0.4) is 0 Å². The second-order valence-corrected chi connectivity index (χ2v) is 5.27. The summed E-state index contributed by atoms with van der Waals surface area (Å²) >= 11 is 0.0672. The van der Waals surface area contributed by atoms with Crippen molar-refractivity contribution >= 4 is 17.9 Å². The van der Waals surface area contributed by atoms with E-state index < -0.39 is 0 Å². The van der Waals surface area contributed by atoms with Crippen molar-refractivity contribution in [2.45, 2.75) is 6.92 Å². The molecule has 0 saturated carbocycles. The number of halogens is 1. The number of hydrogen-bond donors (Lipinski definition) is 0. The van der Waals surface area contributed by atoms with Gasteiger partial charge in [-0.05, 0) is 0 Å². The fourth-order valence-corrected chi connectivity index (χ4v) is 2.77. The van der Waals surface area contributed by atoms with Crippen molar-refractivity contribution in [3.63, 3.8) is 0 Å². The summed E-state index contributed by atoms with van der Waals surface area (Å²) in [5, 5.41) is 0. The quantitative estimate of drug-likeness (QED) is 0.524. The average Bonchev–Trinajstić information content (AvgIpc) is 2.41. The molecular formula is C12H10IO-. The number of benzene rings is 1. The molecule has 0 saturated heterocycles. The topological polar surface area (TPSA) is 17.1 Å². The summed E-state index contributed by atoms with van der Waals surface area (Å²) in [6, 6.07) is 5.87. The summed E-state index contributed by atoms with van der Waals surface area (Å²) in [4.78, 5) is 11.2. The minimum atomic E-state index is 0.0672. The standard InChI is InChI=1S/C12H10IO/c1-9(14)11-3-2-10-4-6-13-7-5-12(10)8-11/h2-8H,1H3/q-1. The van der Waals surface area contributed by atoms with Gasteiger partial charge >= 0.3 is 93.9 Å². The molecule has 14 heavy (non-hydrogen) atoms. The summed E-state index contributed by atoms with van der Waals surface area (Å²) < 4.78 is 4.44. The molecule has 0 N–H and O–H groups in total. The van der Waals surface area contributed by atoms with Gasteiger partial charge in [0.25, 0.3) is 0 Å². The number of carbonyl (C=O) groups is 1. The molecule has 0 fully saturated rings. The number of carbonyl (C=O) groups excluding carboxylic acids is 1. The molecule has 1 nitrogen and oxygen atoms in total. The van der Waals surface area contributed by atoms with Gasteiger partial charge in [-0.3, -0.25) is 0 Å². The molecule has 1 aromatic rings. The Morgan fingerprint density at radius 1 is 1.14 bits per heavy atom. The Morgan fingerprint density at radius 2 is 1.86 bits per heavy atom. The van der Waals surface area contributed by atoms with Gasteiger partial charge in [-0.25, -0.2) is 0 Å². The van der Waals surface area contributed by atoms with E-state index in [0.29, 0.717) is 0 Å². The number of rotatable bonds is 1. The molecule has 1 heterocycles. The predicted octanol–water partition coefficient (Wildman–Crippen LogP) is -0.0668. The van der Waals surface area contributed by atoms with Crippen LogP contribution in [0.5, 0.6) is 0 Å². The zero-order chi connectivity index (χ0) is 9.97. The Bertz CT molecular complexity index is 430. The molecule has 0 bridgehead atoms. The molecule has 2 heteroatoms. The Hall–Kier alpha value is -0.900. The van der Waals surface area contributed by atoms with Crippen LogP contribution in [0.15, 0.2) is 26.4 Å². The van der Waals surface area contributed by atoms with Crippen LogP contribution in [0.25, 0.3) is 12.2 Å². The van der Waals surface area contributed by atoms with Crippen LogP contribution < -0.4 is 21.2 Å². The summed E-state index contributed by atoms with van der Waals surface area (Å²) in [5.41, 5.74) is 3.16. The zero-order valence-electron chi connectivity index (χ0n) is 7.83. The molecular weight excluding hydrogens is 287 g/mol. The van der Waals surface area contributed by atoms with E-state index in [1.165, 1.54) is 5.56 Å². The Kier molecular flexibility index (Phi) is 2.82. The second kappa shape index (κ2) is 4.09. The molecule has 0 atom stereocenters. The fourth-order valence-electron chi connectivity index (χ4n) is 1.34. The van der Waals surface area contributed by atoms with E-state index in [1.807, 2.05) is 18.2 Å². The van der Waals surface area contributed by atoms with Crippen molar-refractivity contribution in [1.29, 1.82) is 0 Å². The van der Waals surface area contributed by atoms with Crippen LogP contribution in [0.1, 0.15) is 28.4 Å². The van der Waals surface area contributed by atoms with Gasteiger partial charge in [-0.2, -0.15) is 0 Å². The van der Waals surface area contributed by atoms with Gasteiger partial charge in [0.1, 0.15) is 0 Å². The van der Waals surface area contributed by atoms with E-state index in [-0.39, 0.29) is 27.0 Å². The van der Waals surface area contributed by atoms with Crippen LogP contribution in [-0.2, 0) is 0 Å². The predicted molar refractivity (Wildman–Crippen MR) is 54.5 cm³/mol. The monoisotopic (exact) mass is 297 g/mol. The maximum absolute atomic E-state index is 11.2. The molecule has 2 rings (SSSR count). The van der Waals surface area contributed by atoms with Crippen LogP contribution in [-0.4, -0.2) is 5.78 Å². The van der Waals surface area contributed by atoms with Gasteiger partial charge in [-0.1, -0.05) is 0 Å². The number of ketones is 1. The molecule has 0 aromatic heterocycles.